The molecule has 0 saturated heterocycles. The molecule has 0 aliphatic rings. The molecule has 2 aromatic rings. The molecule has 2 aromatic carbocycles. The van der Waals surface area contributed by atoms with Gasteiger partial charge in [-0.3, -0.25) is 14.3 Å². The quantitative estimate of drug-likeness (QED) is 0.531. The summed E-state index contributed by atoms with van der Waals surface area (Å²) in [5.74, 6) is 0.410. The Bertz CT molecular complexity index is 991. The van der Waals surface area contributed by atoms with Gasteiger partial charge in [0.1, 0.15) is 18.1 Å². The fourth-order valence-electron chi connectivity index (χ4n) is 2.42. The van der Waals surface area contributed by atoms with Gasteiger partial charge in [0, 0.05) is 18.7 Å². The normalized spacial score (nSPS) is 10.7. The van der Waals surface area contributed by atoms with Crippen LogP contribution in [0.3, 0.4) is 0 Å². The lowest BCUT2D eigenvalue weighted by Gasteiger charge is -2.14. The van der Waals surface area contributed by atoms with Crippen LogP contribution in [0.1, 0.15) is 17.3 Å². The standard InChI is InChI=1S/C19H23N3O6S/c1-13(23)21-14-7-8-18(22-29(3,25)26)17(11-14)19(24)20-9-10-28-16-6-4-5-15(12-16)27-2/h4-8,11-12,22H,9-10H2,1-3H3,(H,20,24)(H,21,23). The van der Waals surface area contributed by atoms with Crippen LogP contribution in [0.25, 0.3) is 0 Å². The van der Waals surface area contributed by atoms with Crippen molar-refractivity contribution in [1.29, 1.82) is 0 Å². The van der Waals surface area contributed by atoms with E-state index in [2.05, 4.69) is 15.4 Å². The van der Waals surface area contributed by atoms with Crippen molar-refractivity contribution in [2.24, 2.45) is 0 Å². The van der Waals surface area contributed by atoms with Crippen LogP contribution in [0.2, 0.25) is 0 Å². The Morgan fingerprint density at radius 1 is 1.07 bits per heavy atom. The van der Waals surface area contributed by atoms with E-state index >= 15 is 0 Å². The number of anilines is 2. The first-order chi connectivity index (χ1) is 13.7. The van der Waals surface area contributed by atoms with Gasteiger partial charge in [-0.15, -0.1) is 0 Å². The Kier molecular flexibility index (Phi) is 7.43. The molecule has 0 aliphatic carbocycles. The number of amides is 2. The van der Waals surface area contributed by atoms with Crippen LogP contribution in [-0.4, -0.2) is 46.7 Å². The zero-order valence-electron chi connectivity index (χ0n) is 16.3. The van der Waals surface area contributed by atoms with Crippen molar-refractivity contribution in [2.45, 2.75) is 6.92 Å². The SMILES string of the molecule is COc1cccc(OCCNC(=O)c2cc(NC(C)=O)ccc2NS(C)(=O)=O)c1. The van der Waals surface area contributed by atoms with Gasteiger partial charge in [-0.05, 0) is 30.3 Å². The lowest BCUT2D eigenvalue weighted by atomic mass is 10.1. The Morgan fingerprint density at radius 3 is 2.45 bits per heavy atom. The monoisotopic (exact) mass is 421 g/mol. The van der Waals surface area contributed by atoms with Crippen molar-refractivity contribution < 1.29 is 27.5 Å². The molecule has 0 atom stereocenters. The van der Waals surface area contributed by atoms with Gasteiger partial charge in [0.05, 0.1) is 31.2 Å². The lowest BCUT2D eigenvalue weighted by molar-refractivity contribution is -0.114. The molecule has 0 bridgehead atoms. The highest BCUT2D eigenvalue weighted by Crippen LogP contribution is 2.22. The highest BCUT2D eigenvalue weighted by molar-refractivity contribution is 7.92. The smallest absolute Gasteiger partial charge is 0.253 e. The second kappa shape index (κ2) is 9.78. The highest BCUT2D eigenvalue weighted by atomic mass is 32.2. The number of carbonyl (C=O) groups is 2. The largest absolute Gasteiger partial charge is 0.497 e. The van der Waals surface area contributed by atoms with Crippen molar-refractivity contribution in [3.05, 3.63) is 48.0 Å². The molecule has 156 valence electrons. The molecule has 0 aliphatic heterocycles. The van der Waals surface area contributed by atoms with E-state index in [4.69, 9.17) is 9.47 Å². The number of carbonyl (C=O) groups excluding carboxylic acids is 2. The number of hydrogen-bond acceptors (Lipinski definition) is 6. The van der Waals surface area contributed by atoms with Crippen LogP contribution in [0.4, 0.5) is 11.4 Å². The van der Waals surface area contributed by atoms with Gasteiger partial charge in [-0.1, -0.05) is 6.07 Å². The predicted octanol–water partition coefficient (Wildman–Crippen LogP) is 1.83. The van der Waals surface area contributed by atoms with Crippen LogP contribution in [0, 0.1) is 0 Å². The zero-order valence-corrected chi connectivity index (χ0v) is 17.1. The van der Waals surface area contributed by atoms with E-state index in [1.54, 1.807) is 31.4 Å². The van der Waals surface area contributed by atoms with E-state index in [1.165, 1.54) is 25.1 Å². The predicted molar refractivity (Wildman–Crippen MR) is 110 cm³/mol. The van der Waals surface area contributed by atoms with Gasteiger partial charge in [-0.2, -0.15) is 0 Å². The molecule has 3 N–H and O–H groups in total. The number of rotatable bonds is 9. The topological polar surface area (TPSA) is 123 Å². The lowest BCUT2D eigenvalue weighted by Crippen LogP contribution is -2.29. The summed E-state index contributed by atoms with van der Waals surface area (Å²) in [5.41, 5.74) is 0.546. The van der Waals surface area contributed by atoms with E-state index in [1.807, 2.05) is 0 Å². The number of benzene rings is 2. The van der Waals surface area contributed by atoms with Gasteiger partial charge < -0.3 is 20.1 Å². The number of methoxy groups -OCH3 is 1. The second-order valence-electron chi connectivity index (χ2n) is 6.10. The van der Waals surface area contributed by atoms with E-state index in [9.17, 15) is 18.0 Å². The number of sulfonamides is 1. The molecule has 0 heterocycles. The molecule has 0 unspecified atom stereocenters. The van der Waals surface area contributed by atoms with Gasteiger partial charge in [0.2, 0.25) is 15.9 Å². The summed E-state index contributed by atoms with van der Waals surface area (Å²) in [7, 11) is -2.04. The summed E-state index contributed by atoms with van der Waals surface area (Å²) in [4.78, 5) is 23.8. The molecule has 0 saturated carbocycles. The maximum atomic E-state index is 12.6. The van der Waals surface area contributed by atoms with E-state index < -0.39 is 15.9 Å². The summed E-state index contributed by atoms with van der Waals surface area (Å²) < 4.78 is 36.1. The van der Waals surface area contributed by atoms with Crippen LogP contribution in [0.15, 0.2) is 42.5 Å². The Labute approximate surface area is 169 Å². The van der Waals surface area contributed by atoms with Crippen LogP contribution < -0.4 is 24.8 Å². The third-order valence-electron chi connectivity index (χ3n) is 3.58. The van der Waals surface area contributed by atoms with E-state index in [0.29, 0.717) is 17.2 Å². The number of ether oxygens (including phenoxy) is 2. The zero-order chi connectivity index (χ0) is 21.4. The summed E-state index contributed by atoms with van der Waals surface area (Å²) in [6.45, 7) is 1.70. The van der Waals surface area contributed by atoms with Crippen molar-refractivity contribution in [2.75, 3.05) is 36.6 Å². The second-order valence-corrected chi connectivity index (χ2v) is 7.85. The fraction of sp³-hybridized carbons (Fsp3) is 0.263. The first-order valence-electron chi connectivity index (χ1n) is 8.62. The molecular weight excluding hydrogens is 398 g/mol. The first-order valence-corrected chi connectivity index (χ1v) is 10.5. The highest BCUT2D eigenvalue weighted by Gasteiger charge is 2.15. The van der Waals surface area contributed by atoms with Crippen molar-refractivity contribution in [1.82, 2.24) is 5.32 Å². The third kappa shape index (κ3) is 7.34. The average molecular weight is 421 g/mol. The van der Waals surface area contributed by atoms with E-state index in [-0.39, 0.29) is 30.3 Å². The van der Waals surface area contributed by atoms with E-state index in [0.717, 1.165) is 6.26 Å². The van der Waals surface area contributed by atoms with Crippen LogP contribution in [-0.2, 0) is 14.8 Å². The van der Waals surface area contributed by atoms with Gasteiger partial charge in [0.15, 0.2) is 0 Å². The average Bonchev–Trinajstić information content (AvgIpc) is 2.65. The summed E-state index contributed by atoms with van der Waals surface area (Å²) in [5, 5.41) is 5.22. The van der Waals surface area contributed by atoms with Crippen molar-refractivity contribution in [3.63, 3.8) is 0 Å². The molecule has 0 fully saturated rings. The maximum Gasteiger partial charge on any atom is 0.253 e. The van der Waals surface area contributed by atoms with Crippen LogP contribution >= 0.6 is 0 Å². The summed E-state index contributed by atoms with van der Waals surface area (Å²) in [6.07, 6.45) is 0.985. The minimum Gasteiger partial charge on any atom is -0.497 e. The number of hydrogen-bond donors (Lipinski definition) is 3. The van der Waals surface area contributed by atoms with Crippen molar-refractivity contribution >= 4 is 33.2 Å². The third-order valence-corrected chi connectivity index (χ3v) is 4.17. The molecule has 10 heteroatoms. The molecular formula is C19H23N3O6S. The molecule has 0 radical (unpaired) electrons. The maximum absolute atomic E-state index is 12.6. The Balaban J connectivity index is 2.05. The molecule has 2 rings (SSSR count). The van der Waals surface area contributed by atoms with Gasteiger partial charge >= 0.3 is 0 Å². The molecule has 0 spiro atoms. The first kappa shape index (κ1) is 22.0. The minimum atomic E-state index is -3.59. The fourth-order valence-corrected chi connectivity index (χ4v) is 3.00. The molecule has 9 nitrogen and oxygen atoms in total. The molecule has 0 aromatic heterocycles. The summed E-state index contributed by atoms with van der Waals surface area (Å²) >= 11 is 0. The van der Waals surface area contributed by atoms with Gasteiger partial charge in [0.25, 0.3) is 5.91 Å². The van der Waals surface area contributed by atoms with Crippen LogP contribution in [0.5, 0.6) is 11.5 Å². The van der Waals surface area contributed by atoms with Gasteiger partial charge in [-0.25, -0.2) is 8.42 Å². The molecule has 2 amide bonds. The Morgan fingerprint density at radius 2 is 1.79 bits per heavy atom. The number of nitrogens with one attached hydrogen (secondary N) is 3. The minimum absolute atomic E-state index is 0.0723. The van der Waals surface area contributed by atoms with Crippen molar-refractivity contribution in [3.8, 4) is 11.5 Å². The molecule has 29 heavy (non-hydrogen) atoms. The Hall–Kier alpha value is -3.27. The summed E-state index contributed by atoms with van der Waals surface area (Å²) in [6, 6.07) is 11.3.